The maximum Gasteiger partial charge on any atom is 0.207 e. The van der Waals surface area contributed by atoms with Crippen molar-refractivity contribution in [2.24, 2.45) is 0 Å². The van der Waals surface area contributed by atoms with Crippen LogP contribution < -0.4 is 21.9 Å². The predicted molar refractivity (Wildman–Crippen MR) is 211 cm³/mol. The monoisotopic (exact) mass is 647 g/mol. The molecule has 1 aliphatic rings. The van der Waals surface area contributed by atoms with E-state index in [0.717, 1.165) is 24.1 Å². The molecule has 1 N–H and O–H groups in total. The van der Waals surface area contributed by atoms with Crippen LogP contribution in [-0.2, 0) is 6.42 Å². The van der Waals surface area contributed by atoms with Gasteiger partial charge in [0.05, 0.1) is 0 Å². The molecule has 0 amide bonds. The van der Waals surface area contributed by atoms with Crippen LogP contribution in [0.4, 0.5) is 0 Å². The second-order valence-corrected chi connectivity index (χ2v) is 13.0. The molecule has 0 aromatic heterocycles. The molecule has 0 radical (unpaired) electrons. The van der Waals surface area contributed by atoms with Gasteiger partial charge in [0.1, 0.15) is 18.8 Å². The summed E-state index contributed by atoms with van der Waals surface area (Å²) in [6, 6.07) is 72.2. The molecule has 0 aliphatic carbocycles. The van der Waals surface area contributed by atoms with Crippen LogP contribution in [0.25, 0.3) is 0 Å². The summed E-state index contributed by atoms with van der Waals surface area (Å²) in [5.74, 6) is 0. The molecule has 1 aliphatic heterocycles. The standard InChI is InChI=1S/C24H20B.C23H22NO/c1-5-13-21(14-6-1)25(22-15-7-2-8-16-22,23-17-9-3-10-18-23)24-19-11-4-12-20-24;25-23(20-12-5-2-6-13-20)22(19-10-3-1-4-11-19)24-16-15-18-9-7-8-14-21(18)17-24/h1-20H;1-14,17,22-23,25H,15-16H2/q-1;+1/t;22-,23+/m.1/s1. The third kappa shape index (κ3) is 6.87. The normalized spacial score (nSPS) is 13.5. The molecule has 8 rings (SSSR count). The smallest absolute Gasteiger partial charge is 0.207 e. The molecular weight excluding hydrogens is 605 g/mol. The Morgan fingerprint density at radius 3 is 1.22 bits per heavy atom. The number of hydrogen-bond donors (Lipinski definition) is 1. The zero-order chi connectivity index (χ0) is 34.0. The fourth-order valence-electron chi connectivity index (χ4n) is 7.76. The van der Waals surface area contributed by atoms with Crippen molar-refractivity contribution in [3.8, 4) is 0 Å². The summed E-state index contributed by atoms with van der Waals surface area (Å²) in [6.07, 6.45) is 1.40. The first-order valence-electron chi connectivity index (χ1n) is 17.6. The molecule has 7 aromatic carbocycles. The molecule has 2 nitrogen and oxygen atoms in total. The van der Waals surface area contributed by atoms with E-state index in [1.807, 2.05) is 48.5 Å². The third-order valence-corrected chi connectivity index (χ3v) is 10.1. The van der Waals surface area contributed by atoms with Crippen molar-refractivity contribution in [1.29, 1.82) is 0 Å². The molecule has 2 atom stereocenters. The number of fused-ring (bicyclic) bond motifs is 1. The molecule has 3 heteroatoms. The van der Waals surface area contributed by atoms with Crippen molar-refractivity contribution in [3.63, 3.8) is 0 Å². The highest BCUT2D eigenvalue weighted by Crippen LogP contribution is 2.33. The van der Waals surface area contributed by atoms with Crippen LogP contribution in [-0.4, -0.2) is 28.6 Å². The van der Waals surface area contributed by atoms with Crippen LogP contribution >= 0.6 is 0 Å². The average Bonchev–Trinajstić information content (AvgIpc) is 3.21. The van der Waals surface area contributed by atoms with Gasteiger partial charge < -0.3 is 5.11 Å². The fraction of sp³-hybridized carbons (Fsp3) is 0.0851. The maximum absolute atomic E-state index is 11.2. The van der Waals surface area contributed by atoms with Crippen LogP contribution in [0.3, 0.4) is 0 Å². The number of aliphatic hydroxyl groups is 1. The first-order chi connectivity index (χ1) is 24.7. The lowest BCUT2D eigenvalue weighted by Gasteiger charge is -2.44. The quantitative estimate of drug-likeness (QED) is 0.137. The van der Waals surface area contributed by atoms with Crippen molar-refractivity contribution in [1.82, 2.24) is 0 Å². The molecule has 7 aromatic rings. The lowest BCUT2D eigenvalue weighted by molar-refractivity contribution is -0.581. The van der Waals surface area contributed by atoms with Gasteiger partial charge in [-0.2, -0.15) is 21.9 Å². The van der Waals surface area contributed by atoms with Gasteiger partial charge in [0.2, 0.25) is 6.04 Å². The molecule has 0 saturated heterocycles. The van der Waals surface area contributed by atoms with Crippen LogP contribution in [0.2, 0.25) is 0 Å². The largest absolute Gasteiger partial charge is 0.381 e. The molecule has 0 fully saturated rings. The summed E-state index contributed by atoms with van der Waals surface area (Å²) in [6.45, 7) is 0.903. The minimum Gasteiger partial charge on any atom is -0.381 e. The van der Waals surface area contributed by atoms with Crippen LogP contribution in [0.15, 0.2) is 206 Å². The van der Waals surface area contributed by atoms with E-state index in [4.69, 9.17) is 0 Å². The van der Waals surface area contributed by atoms with Crippen molar-refractivity contribution in [2.45, 2.75) is 18.6 Å². The van der Waals surface area contributed by atoms with Gasteiger partial charge in [-0.1, -0.05) is 200 Å². The second kappa shape index (κ2) is 15.6. The minimum absolute atomic E-state index is 0.100. The minimum atomic E-state index is -1.22. The number of benzene rings is 7. The van der Waals surface area contributed by atoms with Gasteiger partial charge in [-0.15, -0.1) is 0 Å². The van der Waals surface area contributed by atoms with Gasteiger partial charge in [-0.25, -0.2) is 4.58 Å². The van der Waals surface area contributed by atoms with Gasteiger partial charge in [-0.05, 0) is 17.2 Å². The summed E-state index contributed by atoms with van der Waals surface area (Å²) >= 11 is 0. The van der Waals surface area contributed by atoms with E-state index in [2.05, 4.69) is 169 Å². The van der Waals surface area contributed by atoms with E-state index in [1.165, 1.54) is 33.0 Å². The lowest BCUT2D eigenvalue weighted by Crippen LogP contribution is -2.74. The van der Waals surface area contributed by atoms with Gasteiger partial charge in [-0.3, -0.25) is 0 Å². The van der Waals surface area contributed by atoms with Gasteiger partial charge in [0, 0.05) is 17.5 Å². The van der Waals surface area contributed by atoms with Crippen LogP contribution in [0.5, 0.6) is 0 Å². The Labute approximate surface area is 296 Å². The van der Waals surface area contributed by atoms with E-state index >= 15 is 0 Å². The summed E-state index contributed by atoms with van der Waals surface area (Å²) < 4.78 is 2.29. The molecule has 0 saturated carbocycles. The zero-order valence-corrected chi connectivity index (χ0v) is 28.2. The first-order valence-corrected chi connectivity index (χ1v) is 17.6. The molecule has 244 valence electrons. The number of nitrogens with zero attached hydrogens (tertiary/aromatic N) is 1. The van der Waals surface area contributed by atoms with Crippen LogP contribution in [0, 0.1) is 0 Å². The Kier molecular flexibility index (Phi) is 10.2. The molecule has 0 spiro atoms. The number of hydrogen-bond acceptors (Lipinski definition) is 1. The van der Waals surface area contributed by atoms with Gasteiger partial charge in [0.25, 0.3) is 0 Å². The Hall–Kier alpha value is -5.77. The number of rotatable bonds is 8. The van der Waals surface area contributed by atoms with Crippen molar-refractivity contribution in [2.75, 3.05) is 6.54 Å². The zero-order valence-electron chi connectivity index (χ0n) is 28.2. The summed E-state index contributed by atoms with van der Waals surface area (Å²) in [4.78, 5) is 0. The Morgan fingerprint density at radius 2 is 0.780 bits per heavy atom. The van der Waals surface area contributed by atoms with E-state index in [9.17, 15) is 5.11 Å². The Balaban J connectivity index is 0.000000157. The maximum atomic E-state index is 11.2. The van der Waals surface area contributed by atoms with Crippen molar-refractivity contribution >= 4 is 34.2 Å². The van der Waals surface area contributed by atoms with E-state index in [1.54, 1.807) is 0 Å². The molecule has 50 heavy (non-hydrogen) atoms. The molecule has 0 unspecified atom stereocenters. The van der Waals surface area contributed by atoms with Crippen LogP contribution in [0.1, 0.15) is 34.4 Å². The van der Waals surface area contributed by atoms with E-state index in [0.29, 0.717) is 0 Å². The first kappa shape index (κ1) is 32.8. The molecule has 0 bridgehead atoms. The topological polar surface area (TPSA) is 23.2 Å². The van der Waals surface area contributed by atoms with Gasteiger partial charge in [0.15, 0.2) is 6.21 Å². The summed E-state index contributed by atoms with van der Waals surface area (Å²) in [7, 11) is 0. The average molecular weight is 648 g/mol. The highest BCUT2D eigenvalue weighted by atomic mass is 16.3. The van der Waals surface area contributed by atoms with E-state index in [-0.39, 0.29) is 6.04 Å². The summed E-state index contributed by atoms with van der Waals surface area (Å²) in [5, 5.41) is 11.2. The summed E-state index contributed by atoms with van der Waals surface area (Å²) in [5.41, 5.74) is 10.1. The Bertz CT molecular complexity index is 1940. The third-order valence-electron chi connectivity index (χ3n) is 10.1. The second-order valence-electron chi connectivity index (χ2n) is 13.0. The highest BCUT2D eigenvalue weighted by Gasteiger charge is 2.34. The predicted octanol–water partition coefficient (Wildman–Crippen LogP) is 7.21. The van der Waals surface area contributed by atoms with E-state index < -0.39 is 12.2 Å². The SMILES string of the molecule is O[C@@H](c1ccccc1)[C@@H](c1ccccc1)[N+]1=Cc2ccccc2CC1.c1ccc([B-](c2ccccc2)(c2ccccc2)c2ccccc2)cc1. The van der Waals surface area contributed by atoms with Crippen molar-refractivity contribution < 1.29 is 9.68 Å². The Morgan fingerprint density at radius 1 is 0.420 bits per heavy atom. The molecule has 1 heterocycles. The van der Waals surface area contributed by atoms with Gasteiger partial charge >= 0.3 is 0 Å². The molecular formula is C47H42BNO. The van der Waals surface area contributed by atoms with Crippen molar-refractivity contribution in [3.05, 3.63) is 229 Å². The number of aliphatic hydroxyl groups excluding tert-OH is 1. The highest BCUT2D eigenvalue weighted by molar-refractivity contribution is 7.19. The lowest BCUT2D eigenvalue weighted by atomic mass is 9.13. The fourth-order valence-corrected chi connectivity index (χ4v) is 7.76.